The minimum absolute atomic E-state index is 0.00317. The molecule has 0 aliphatic rings. The Labute approximate surface area is 119 Å². The standard InChI is InChI=1S/C15H11F2NO3/c16-13-11(8-19)6-7-12(14(13)17)18-15(20)21-9-10-4-2-1-3-5-10/h1-8H,9H2,(H,18,20). The Kier molecular flexibility index (Phi) is 4.61. The number of aldehydes is 1. The number of benzene rings is 2. The number of rotatable bonds is 4. The Bertz CT molecular complexity index is 659. The summed E-state index contributed by atoms with van der Waals surface area (Å²) in [6.07, 6.45) is -0.730. The highest BCUT2D eigenvalue weighted by molar-refractivity contribution is 5.86. The maximum absolute atomic E-state index is 13.6. The van der Waals surface area contributed by atoms with Crippen LogP contribution in [0.3, 0.4) is 0 Å². The fourth-order valence-electron chi connectivity index (χ4n) is 1.62. The first-order chi connectivity index (χ1) is 10.1. The zero-order valence-electron chi connectivity index (χ0n) is 10.8. The SMILES string of the molecule is O=Cc1ccc(NC(=O)OCc2ccccc2)c(F)c1F. The van der Waals surface area contributed by atoms with Crippen molar-refractivity contribution in [1.82, 2.24) is 0 Å². The molecule has 0 bridgehead atoms. The van der Waals surface area contributed by atoms with Crippen molar-refractivity contribution in [3.8, 4) is 0 Å². The van der Waals surface area contributed by atoms with Crippen LogP contribution in [0.2, 0.25) is 0 Å². The first kappa shape index (κ1) is 14.6. The molecular formula is C15H11F2NO3. The van der Waals surface area contributed by atoms with Crippen LogP contribution in [0.25, 0.3) is 0 Å². The summed E-state index contributed by atoms with van der Waals surface area (Å²) in [7, 11) is 0. The van der Waals surface area contributed by atoms with Crippen LogP contribution in [0.4, 0.5) is 19.3 Å². The summed E-state index contributed by atoms with van der Waals surface area (Å²) in [6.45, 7) is 0.00317. The summed E-state index contributed by atoms with van der Waals surface area (Å²) >= 11 is 0. The summed E-state index contributed by atoms with van der Waals surface area (Å²) in [5.41, 5.74) is -0.0533. The number of amides is 1. The van der Waals surface area contributed by atoms with Crippen molar-refractivity contribution in [3.63, 3.8) is 0 Å². The smallest absolute Gasteiger partial charge is 0.412 e. The molecule has 0 heterocycles. The van der Waals surface area contributed by atoms with E-state index in [1.165, 1.54) is 0 Å². The molecule has 0 aliphatic heterocycles. The molecule has 108 valence electrons. The van der Waals surface area contributed by atoms with Crippen LogP contribution in [-0.2, 0) is 11.3 Å². The Morgan fingerprint density at radius 2 is 1.81 bits per heavy atom. The number of nitrogens with one attached hydrogen (secondary N) is 1. The predicted octanol–water partition coefficient (Wildman–Crippen LogP) is 3.53. The van der Waals surface area contributed by atoms with Gasteiger partial charge in [0.15, 0.2) is 17.9 Å². The number of hydrogen-bond donors (Lipinski definition) is 1. The van der Waals surface area contributed by atoms with Gasteiger partial charge in [-0.3, -0.25) is 10.1 Å². The highest BCUT2D eigenvalue weighted by Crippen LogP contribution is 2.20. The van der Waals surface area contributed by atoms with E-state index in [0.29, 0.717) is 0 Å². The summed E-state index contributed by atoms with van der Waals surface area (Å²) in [5.74, 6) is -2.62. The Morgan fingerprint density at radius 1 is 1.10 bits per heavy atom. The molecule has 0 atom stereocenters. The van der Waals surface area contributed by atoms with Crippen LogP contribution < -0.4 is 5.32 Å². The van der Waals surface area contributed by atoms with Crippen molar-refractivity contribution >= 4 is 18.1 Å². The van der Waals surface area contributed by atoms with Gasteiger partial charge in [0, 0.05) is 0 Å². The fraction of sp³-hybridized carbons (Fsp3) is 0.0667. The number of ether oxygens (including phenoxy) is 1. The molecule has 4 nitrogen and oxygen atoms in total. The van der Waals surface area contributed by atoms with Gasteiger partial charge in [-0.2, -0.15) is 0 Å². The molecule has 6 heteroatoms. The van der Waals surface area contributed by atoms with Crippen LogP contribution in [-0.4, -0.2) is 12.4 Å². The lowest BCUT2D eigenvalue weighted by Crippen LogP contribution is -2.15. The monoisotopic (exact) mass is 291 g/mol. The van der Waals surface area contributed by atoms with Crippen LogP contribution in [0.1, 0.15) is 15.9 Å². The van der Waals surface area contributed by atoms with Crippen molar-refractivity contribution in [2.24, 2.45) is 0 Å². The van der Waals surface area contributed by atoms with Crippen LogP contribution >= 0.6 is 0 Å². The van der Waals surface area contributed by atoms with Gasteiger partial charge in [0.1, 0.15) is 6.61 Å². The van der Waals surface area contributed by atoms with Crippen LogP contribution in [0.15, 0.2) is 42.5 Å². The number of anilines is 1. The summed E-state index contributed by atoms with van der Waals surface area (Å²) < 4.78 is 31.8. The number of carbonyl (C=O) groups excluding carboxylic acids is 2. The first-order valence-electron chi connectivity index (χ1n) is 6.02. The molecule has 0 fully saturated rings. The van der Waals surface area contributed by atoms with E-state index in [2.05, 4.69) is 5.32 Å². The zero-order chi connectivity index (χ0) is 15.2. The predicted molar refractivity (Wildman–Crippen MR) is 72.0 cm³/mol. The molecule has 2 aromatic rings. The van der Waals surface area contributed by atoms with Gasteiger partial charge in [0.25, 0.3) is 0 Å². The maximum Gasteiger partial charge on any atom is 0.412 e. The third-order valence-corrected chi connectivity index (χ3v) is 2.69. The second-order valence-electron chi connectivity index (χ2n) is 4.13. The van der Waals surface area contributed by atoms with Gasteiger partial charge < -0.3 is 4.74 Å². The average Bonchev–Trinajstić information content (AvgIpc) is 2.51. The Hall–Kier alpha value is -2.76. The fourth-order valence-corrected chi connectivity index (χ4v) is 1.62. The van der Waals surface area contributed by atoms with Gasteiger partial charge in [-0.15, -0.1) is 0 Å². The summed E-state index contributed by atoms with van der Waals surface area (Å²) in [6, 6.07) is 11.0. The molecule has 0 unspecified atom stereocenters. The molecule has 1 amide bonds. The first-order valence-corrected chi connectivity index (χ1v) is 6.02. The molecule has 2 aromatic carbocycles. The lowest BCUT2D eigenvalue weighted by atomic mass is 10.2. The molecule has 0 spiro atoms. The number of carbonyl (C=O) groups is 2. The summed E-state index contributed by atoms with van der Waals surface area (Å²) in [5, 5.41) is 2.08. The van der Waals surface area contributed by atoms with E-state index in [-0.39, 0.29) is 12.9 Å². The van der Waals surface area contributed by atoms with Crippen molar-refractivity contribution in [2.75, 3.05) is 5.32 Å². The molecule has 0 radical (unpaired) electrons. The van der Waals surface area contributed by atoms with Crippen molar-refractivity contribution in [1.29, 1.82) is 0 Å². The van der Waals surface area contributed by atoms with Gasteiger partial charge in [-0.25, -0.2) is 13.6 Å². The van der Waals surface area contributed by atoms with E-state index in [0.717, 1.165) is 17.7 Å². The molecule has 0 saturated carbocycles. The number of hydrogen-bond acceptors (Lipinski definition) is 3. The molecule has 0 saturated heterocycles. The van der Waals surface area contributed by atoms with Crippen LogP contribution in [0.5, 0.6) is 0 Å². The van der Waals surface area contributed by atoms with Gasteiger partial charge in [0.05, 0.1) is 11.3 Å². The summed E-state index contributed by atoms with van der Waals surface area (Å²) in [4.78, 5) is 22.0. The Balaban J connectivity index is 2.00. The van der Waals surface area contributed by atoms with E-state index in [9.17, 15) is 18.4 Å². The minimum Gasteiger partial charge on any atom is -0.444 e. The zero-order valence-corrected chi connectivity index (χ0v) is 10.8. The van der Waals surface area contributed by atoms with Gasteiger partial charge in [-0.05, 0) is 17.7 Å². The van der Waals surface area contributed by atoms with E-state index in [1.807, 2.05) is 6.07 Å². The molecule has 2 rings (SSSR count). The Morgan fingerprint density at radius 3 is 2.48 bits per heavy atom. The van der Waals surface area contributed by atoms with Gasteiger partial charge in [0.2, 0.25) is 0 Å². The minimum atomic E-state index is -1.31. The molecule has 0 aromatic heterocycles. The number of halogens is 2. The molecular weight excluding hydrogens is 280 g/mol. The third kappa shape index (κ3) is 3.62. The van der Waals surface area contributed by atoms with Crippen molar-refractivity contribution in [2.45, 2.75) is 6.61 Å². The quantitative estimate of drug-likeness (QED) is 0.877. The van der Waals surface area contributed by atoms with Gasteiger partial charge >= 0.3 is 6.09 Å². The molecule has 0 aliphatic carbocycles. The topological polar surface area (TPSA) is 55.4 Å². The highest BCUT2D eigenvalue weighted by atomic mass is 19.2. The van der Waals surface area contributed by atoms with Crippen molar-refractivity contribution < 1.29 is 23.1 Å². The largest absolute Gasteiger partial charge is 0.444 e. The van der Waals surface area contributed by atoms with Crippen molar-refractivity contribution in [3.05, 3.63) is 65.2 Å². The lowest BCUT2D eigenvalue weighted by molar-refractivity contribution is 0.111. The normalized spacial score (nSPS) is 10.0. The second-order valence-corrected chi connectivity index (χ2v) is 4.13. The third-order valence-electron chi connectivity index (χ3n) is 2.69. The van der Waals surface area contributed by atoms with Gasteiger partial charge in [-0.1, -0.05) is 30.3 Å². The van der Waals surface area contributed by atoms with E-state index in [1.54, 1.807) is 24.3 Å². The van der Waals surface area contributed by atoms with E-state index < -0.39 is 29.0 Å². The lowest BCUT2D eigenvalue weighted by Gasteiger charge is -2.08. The molecule has 1 N–H and O–H groups in total. The highest BCUT2D eigenvalue weighted by Gasteiger charge is 2.15. The van der Waals surface area contributed by atoms with E-state index in [4.69, 9.17) is 4.74 Å². The average molecular weight is 291 g/mol. The van der Waals surface area contributed by atoms with E-state index >= 15 is 0 Å². The molecule has 21 heavy (non-hydrogen) atoms. The maximum atomic E-state index is 13.6. The second kappa shape index (κ2) is 6.60. The van der Waals surface area contributed by atoms with Crippen LogP contribution in [0, 0.1) is 11.6 Å².